The van der Waals surface area contributed by atoms with Crippen molar-refractivity contribution in [2.45, 2.75) is 17.7 Å². The van der Waals surface area contributed by atoms with Crippen molar-refractivity contribution in [1.82, 2.24) is 19.7 Å². The van der Waals surface area contributed by atoms with Crippen LogP contribution in [0, 0.1) is 6.92 Å². The molecule has 0 bridgehead atoms. The third-order valence-corrected chi connectivity index (χ3v) is 3.34. The predicted octanol–water partition coefficient (Wildman–Crippen LogP) is 1.39. The van der Waals surface area contributed by atoms with Gasteiger partial charge < -0.3 is 10.3 Å². The first-order valence-electron chi connectivity index (χ1n) is 4.86. The molecule has 0 saturated carbocycles. The van der Waals surface area contributed by atoms with Gasteiger partial charge in [0.1, 0.15) is 16.7 Å². The summed E-state index contributed by atoms with van der Waals surface area (Å²) in [5.74, 6) is 2.55. The van der Waals surface area contributed by atoms with E-state index < -0.39 is 0 Å². The second-order valence-electron chi connectivity index (χ2n) is 3.41. The maximum absolute atomic E-state index is 5.80. The Kier molecular flexibility index (Phi) is 3.09. The number of aromatic nitrogens is 4. The Morgan fingerprint density at radius 3 is 2.88 bits per heavy atom. The largest absolute Gasteiger partial charge is 0.397 e. The lowest BCUT2D eigenvalue weighted by atomic mass is 10.4. The standard InChI is InChI=1S/C10H13N5S/c1-7-13-14-9(15(7)2)6-16-10-8(11)4-3-5-12-10/h3-5H,6,11H2,1-2H3. The highest BCUT2D eigenvalue weighted by atomic mass is 32.2. The molecule has 0 spiro atoms. The highest BCUT2D eigenvalue weighted by Crippen LogP contribution is 2.24. The van der Waals surface area contributed by atoms with E-state index in [9.17, 15) is 0 Å². The van der Waals surface area contributed by atoms with E-state index in [1.54, 1.807) is 18.0 Å². The molecule has 2 N–H and O–H groups in total. The Hall–Kier alpha value is -1.56. The van der Waals surface area contributed by atoms with Crippen molar-refractivity contribution < 1.29 is 0 Å². The van der Waals surface area contributed by atoms with Crippen LogP contribution in [-0.4, -0.2) is 19.7 Å². The van der Waals surface area contributed by atoms with Gasteiger partial charge in [0, 0.05) is 13.2 Å². The molecule has 84 valence electrons. The van der Waals surface area contributed by atoms with Crippen molar-refractivity contribution in [1.29, 1.82) is 0 Å². The smallest absolute Gasteiger partial charge is 0.143 e. The first kappa shape index (κ1) is 10.9. The Morgan fingerprint density at radius 2 is 2.25 bits per heavy atom. The summed E-state index contributed by atoms with van der Waals surface area (Å²) in [5.41, 5.74) is 6.50. The van der Waals surface area contributed by atoms with Crippen LogP contribution in [0.1, 0.15) is 11.6 Å². The highest BCUT2D eigenvalue weighted by Gasteiger charge is 2.07. The van der Waals surface area contributed by atoms with Crippen molar-refractivity contribution in [3.63, 3.8) is 0 Å². The van der Waals surface area contributed by atoms with E-state index in [-0.39, 0.29) is 0 Å². The normalized spacial score (nSPS) is 10.6. The number of nitrogen functional groups attached to an aromatic ring is 1. The van der Waals surface area contributed by atoms with Crippen molar-refractivity contribution >= 4 is 17.4 Å². The van der Waals surface area contributed by atoms with Crippen LogP contribution >= 0.6 is 11.8 Å². The van der Waals surface area contributed by atoms with Gasteiger partial charge in [0.2, 0.25) is 0 Å². The number of rotatable bonds is 3. The number of hydrogen-bond acceptors (Lipinski definition) is 5. The fourth-order valence-electron chi connectivity index (χ4n) is 1.23. The second-order valence-corrected chi connectivity index (χ2v) is 4.37. The number of nitrogens with zero attached hydrogens (tertiary/aromatic N) is 4. The molecule has 0 aromatic carbocycles. The number of thioether (sulfide) groups is 1. The van der Waals surface area contributed by atoms with Crippen LogP contribution in [0.25, 0.3) is 0 Å². The van der Waals surface area contributed by atoms with Crippen LogP contribution in [0.2, 0.25) is 0 Å². The molecule has 5 nitrogen and oxygen atoms in total. The molecule has 2 heterocycles. The number of pyridine rings is 1. The summed E-state index contributed by atoms with van der Waals surface area (Å²) in [6.07, 6.45) is 1.74. The van der Waals surface area contributed by atoms with E-state index in [2.05, 4.69) is 15.2 Å². The third kappa shape index (κ3) is 2.16. The molecule has 0 aliphatic carbocycles. The molecule has 0 unspecified atom stereocenters. The monoisotopic (exact) mass is 235 g/mol. The predicted molar refractivity (Wildman–Crippen MR) is 64.0 cm³/mol. The molecule has 2 aromatic rings. The zero-order valence-corrected chi connectivity index (χ0v) is 10.0. The van der Waals surface area contributed by atoms with Gasteiger partial charge in [0.15, 0.2) is 0 Å². The van der Waals surface area contributed by atoms with E-state index in [1.807, 2.05) is 30.7 Å². The minimum atomic E-state index is 0.700. The van der Waals surface area contributed by atoms with Gasteiger partial charge in [-0.05, 0) is 19.1 Å². The Balaban J connectivity index is 2.08. The maximum Gasteiger partial charge on any atom is 0.143 e. The van der Waals surface area contributed by atoms with Crippen LogP contribution in [0.5, 0.6) is 0 Å². The average molecular weight is 235 g/mol. The summed E-state index contributed by atoms with van der Waals surface area (Å²) < 4.78 is 1.96. The quantitative estimate of drug-likeness (QED) is 0.814. The topological polar surface area (TPSA) is 69.6 Å². The molecule has 2 rings (SSSR count). The fraction of sp³-hybridized carbons (Fsp3) is 0.300. The fourth-order valence-corrected chi connectivity index (χ4v) is 2.12. The zero-order valence-electron chi connectivity index (χ0n) is 9.21. The van der Waals surface area contributed by atoms with Gasteiger partial charge in [-0.3, -0.25) is 0 Å². The van der Waals surface area contributed by atoms with Crippen LogP contribution in [0.3, 0.4) is 0 Å². The number of anilines is 1. The van der Waals surface area contributed by atoms with Crippen LogP contribution < -0.4 is 5.73 Å². The number of aryl methyl sites for hydroxylation is 1. The zero-order chi connectivity index (χ0) is 11.5. The van der Waals surface area contributed by atoms with Crippen molar-refractivity contribution in [2.24, 2.45) is 7.05 Å². The van der Waals surface area contributed by atoms with Crippen LogP contribution in [-0.2, 0) is 12.8 Å². The molecule has 0 saturated heterocycles. The molecule has 0 amide bonds. The second kappa shape index (κ2) is 4.52. The lowest BCUT2D eigenvalue weighted by Gasteiger charge is -2.03. The third-order valence-electron chi connectivity index (χ3n) is 2.32. The van der Waals surface area contributed by atoms with Crippen molar-refractivity contribution in [3.05, 3.63) is 30.0 Å². The summed E-state index contributed by atoms with van der Waals surface area (Å²) in [6.45, 7) is 1.93. The van der Waals surface area contributed by atoms with Crippen molar-refractivity contribution in [2.75, 3.05) is 5.73 Å². The minimum absolute atomic E-state index is 0.700. The number of hydrogen-bond donors (Lipinski definition) is 1. The minimum Gasteiger partial charge on any atom is -0.397 e. The molecule has 0 aliphatic rings. The molecule has 6 heteroatoms. The maximum atomic E-state index is 5.80. The van der Waals surface area contributed by atoms with Crippen LogP contribution in [0.15, 0.2) is 23.4 Å². The molecular formula is C10H13N5S. The van der Waals surface area contributed by atoms with Gasteiger partial charge in [0.05, 0.1) is 11.4 Å². The molecule has 0 atom stereocenters. The van der Waals surface area contributed by atoms with E-state index in [0.717, 1.165) is 22.4 Å². The average Bonchev–Trinajstić information content (AvgIpc) is 2.59. The van der Waals surface area contributed by atoms with Gasteiger partial charge in [0.25, 0.3) is 0 Å². The SMILES string of the molecule is Cc1nnc(CSc2ncccc2N)n1C. The lowest BCUT2D eigenvalue weighted by Crippen LogP contribution is -1.98. The first-order valence-corrected chi connectivity index (χ1v) is 5.85. The number of nitrogens with two attached hydrogens (primary N) is 1. The van der Waals surface area contributed by atoms with E-state index in [4.69, 9.17) is 5.73 Å². The summed E-state index contributed by atoms with van der Waals surface area (Å²) in [4.78, 5) is 4.21. The first-order chi connectivity index (χ1) is 7.68. The molecule has 16 heavy (non-hydrogen) atoms. The summed E-state index contributed by atoms with van der Waals surface area (Å²) in [5, 5.41) is 8.92. The van der Waals surface area contributed by atoms with E-state index >= 15 is 0 Å². The van der Waals surface area contributed by atoms with Gasteiger partial charge in [-0.15, -0.1) is 10.2 Å². The Labute approximate surface area is 98.1 Å². The summed E-state index contributed by atoms with van der Waals surface area (Å²) in [7, 11) is 1.95. The van der Waals surface area contributed by atoms with Crippen molar-refractivity contribution in [3.8, 4) is 0 Å². The molecular weight excluding hydrogens is 222 g/mol. The molecule has 0 fully saturated rings. The lowest BCUT2D eigenvalue weighted by molar-refractivity contribution is 0.816. The highest BCUT2D eigenvalue weighted by molar-refractivity contribution is 7.98. The Morgan fingerprint density at radius 1 is 1.44 bits per heavy atom. The van der Waals surface area contributed by atoms with Crippen LogP contribution in [0.4, 0.5) is 5.69 Å². The molecule has 2 aromatic heterocycles. The van der Waals surface area contributed by atoms with Gasteiger partial charge in [-0.1, -0.05) is 11.8 Å². The Bertz CT molecular complexity index is 494. The molecule has 0 radical (unpaired) electrons. The van der Waals surface area contributed by atoms with Gasteiger partial charge >= 0.3 is 0 Å². The summed E-state index contributed by atoms with van der Waals surface area (Å²) in [6, 6.07) is 3.67. The van der Waals surface area contributed by atoms with E-state index in [1.165, 1.54) is 0 Å². The molecule has 0 aliphatic heterocycles. The van der Waals surface area contributed by atoms with E-state index in [0.29, 0.717) is 5.69 Å². The summed E-state index contributed by atoms with van der Waals surface area (Å²) >= 11 is 1.57. The van der Waals surface area contributed by atoms with Gasteiger partial charge in [-0.25, -0.2) is 4.98 Å². The van der Waals surface area contributed by atoms with Gasteiger partial charge in [-0.2, -0.15) is 0 Å².